The predicted octanol–water partition coefficient (Wildman–Crippen LogP) is 1.53. The van der Waals surface area contributed by atoms with Crippen LogP contribution in [0.1, 0.15) is 15.9 Å². The zero-order chi connectivity index (χ0) is 11.8. The van der Waals surface area contributed by atoms with Gasteiger partial charge in [-0.2, -0.15) is 13.2 Å². The van der Waals surface area contributed by atoms with Gasteiger partial charge in [0.05, 0.1) is 11.3 Å². The molecule has 0 bridgehead atoms. The Morgan fingerprint density at radius 3 is 2.20 bits per heavy atom. The third-order valence-electron chi connectivity index (χ3n) is 1.72. The molecule has 4 N–H and O–H groups in total. The van der Waals surface area contributed by atoms with Gasteiger partial charge in [0.15, 0.2) is 5.82 Å². The van der Waals surface area contributed by atoms with E-state index in [2.05, 4.69) is 5.73 Å². The number of hydrogen-bond acceptors (Lipinski definition) is 2. The molecule has 0 fully saturated rings. The molecule has 0 aliphatic rings. The number of halogens is 4. The van der Waals surface area contributed by atoms with Gasteiger partial charge in [-0.25, -0.2) is 4.39 Å². The van der Waals surface area contributed by atoms with Crippen molar-refractivity contribution < 1.29 is 22.4 Å². The SMILES string of the molecule is NC(=O)c1ccc(N)c(F)c1C(F)(F)F. The van der Waals surface area contributed by atoms with Crippen molar-refractivity contribution in [2.45, 2.75) is 6.18 Å². The molecular weight excluding hydrogens is 216 g/mol. The van der Waals surface area contributed by atoms with Crippen LogP contribution in [0.2, 0.25) is 0 Å². The third kappa shape index (κ3) is 2.00. The summed E-state index contributed by atoms with van der Waals surface area (Å²) in [7, 11) is 0. The highest BCUT2D eigenvalue weighted by molar-refractivity contribution is 5.95. The summed E-state index contributed by atoms with van der Waals surface area (Å²) in [5.41, 5.74) is 6.29. The van der Waals surface area contributed by atoms with Gasteiger partial charge in [0, 0.05) is 0 Å². The average Bonchev–Trinajstić information content (AvgIpc) is 2.06. The first-order valence-corrected chi connectivity index (χ1v) is 3.70. The van der Waals surface area contributed by atoms with Crippen molar-refractivity contribution in [3.63, 3.8) is 0 Å². The molecule has 7 heteroatoms. The van der Waals surface area contributed by atoms with E-state index in [-0.39, 0.29) is 0 Å². The molecule has 0 spiro atoms. The number of nitrogen functional groups attached to an aromatic ring is 1. The van der Waals surface area contributed by atoms with Crippen LogP contribution in [0, 0.1) is 5.82 Å². The summed E-state index contributed by atoms with van der Waals surface area (Å²) in [6, 6.07) is 1.59. The van der Waals surface area contributed by atoms with E-state index in [1.54, 1.807) is 0 Å². The van der Waals surface area contributed by atoms with Gasteiger partial charge in [-0.3, -0.25) is 4.79 Å². The Morgan fingerprint density at radius 1 is 1.27 bits per heavy atom. The molecule has 0 aliphatic carbocycles. The van der Waals surface area contributed by atoms with Crippen LogP contribution in [0.5, 0.6) is 0 Å². The van der Waals surface area contributed by atoms with Gasteiger partial charge in [-0.15, -0.1) is 0 Å². The molecule has 0 aliphatic heterocycles. The van der Waals surface area contributed by atoms with E-state index >= 15 is 0 Å². The fourth-order valence-corrected chi connectivity index (χ4v) is 1.07. The molecule has 0 heterocycles. The molecule has 82 valence electrons. The summed E-state index contributed by atoms with van der Waals surface area (Å²) in [4.78, 5) is 10.6. The normalized spacial score (nSPS) is 11.5. The highest BCUT2D eigenvalue weighted by atomic mass is 19.4. The van der Waals surface area contributed by atoms with Gasteiger partial charge in [0.2, 0.25) is 5.91 Å². The molecule has 3 nitrogen and oxygen atoms in total. The lowest BCUT2D eigenvalue weighted by molar-refractivity contribution is -0.140. The maximum Gasteiger partial charge on any atom is 0.420 e. The minimum absolute atomic E-state index is 0.688. The van der Waals surface area contributed by atoms with E-state index < -0.39 is 34.7 Å². The van der Waals surface area contributed by atoms with Crippen molar-refractivity contribution in [1.82, 2.24) is 0 Å². The summed E-state index contributed by atoms with van der Waals surface area (Å²) >= 11 is 0. The highest BCUT2D eigenvalue weighted by Gasteiger charge is 2.39. The van der Waals surface area contributed by atoms with Crippen LogP contribution in [0.4, 0.5) is 23.2 Å². The Labute approximate surface area is 81.7 Å². The molecule has 0 saturated carbocycles. The number of carbonyl (C=O) groups is 1. The van der Waals surface area contributed by atoms with Crippen molar-refractivity contribution in [2.24, 2.45) is 5.73 Å². The lowest BCUT2D eigenvalue weighted by atomic mass is 10.0. The third-order valence-corrected chi connectivity index (χ3v) is 1.72. The fraction of sp³-hybridized carbons (Fsp3) is 0.125. The zero-order valence-corrected chi connectivity index (χ0v) is 7.23. The van der Waals surface area contributed by atoms with Gasteiger partial charge in [0.1, 0.15) is 5.56 Å². The zero-order valence-electron chi connectivity index (χ0n) is 7.23. The van der Waals surface area contributed by atoms with Crippen molar-refractivity contribution in [3.05, 3.63) is 29.1 Å². The van der Waals surface area contributed by atoms with E-state index in [1.165, 1.54) is 0 Å². The quantitative estimate of drug-likeness (QED) is 0.558. The van der Waals surface area contributed by atoms with Crippen molar-refractivity contribution in [2.75, 3.05) is 5.73 Å². The summed E-state index contributed by atoms with van der Waals surface area (Å²) in [5, 5.41) is 0. The minimum atomic E-state index is -5.01. The molecule has 1 aromatic carbocycles. The topological polar surface area (TPSA) is 69.1 Å². The lowest BCUT2D eigenvalue weighted by Gasteiger charge is -2.12. The summed E-state index contributed by atoms with van der Waals surface area (Å²) in [6.07, 6.45) is -5.01. The first kappa shape index (κ1) is 11.3. The Hall–Kier alpha value is -1.79. The van der Waals surface area contributed by atoms with Crippen LogP contribution in [-0.4, -0.2) is 5.91 Å². The van der Waals surface area contributed by atoms with Crippen molar-refractivity contribution in [1.29, 1.82) is 0 Å². The molecule has 0 radical (unpaired) electrons. The fourth-order valence-electron chi connectivity index (χ4n) is 1.07. The molecule has 1 rings (SSSR count). The first-order valence-electron chi connectivity index (χ1n) is 3.70. The van der Waals surface area contributed by atoms with E-state index in [0.29, 0.717) is 0 Å². The standard InChI is InChI=1S/C8H6F4N2O/c9-6-4(13)2-1-3(7(14)15)5(6)8(10,11)12/h1-2H,13H2,(H2,14,15). The van der Waals surface area contributed by atoms with E-state index in [0.717, 1.165) is 12.1 Å². The number of amides is 1. The second-order valence-electron chi connectivity index (χ2n) is 2.75. The molecule has 15 heavy (non-hydrogen) atoms. The minimum Gasteiger partial charge on any atom is -0.396 e. The number of primary amides is 1. The number of rotatable bonds is 1. The summed E-state index contributed by atoms with van der Waals surface area (Å²) in [5.74, 6) is -3.04. The summed E-state index contributed by atoms with van der Waals surface area (Å²) in [6.45, 7) is 0. The molecule has 0 saturated heterocycles. The Kier molecular flexibility index (Phi) is 2.57. The molecule has 1 amide bonds. The van der Waals surface area contributed by atoms with Crippen LogP contribution in [0.15, 0.2) is 12.1 Å². The highest BCUT2D eigenvalue weighted by Crippen LogP contribution is 2.35. The molecular formula is C8H6F4N2O. The Morgan fingerprint density at radius 2 is 1.80 bits per heavy atom. The second kappa shape index (κ2) is 3.41. The number of nitrogens with two attached hydrogens (primary N) is 2. The smallest absolute Gasteiger partial charge is 0.396 e. The first-order chi connectivity index (χ1) is 6.75. The van der Waals surface area contributed by atoms with Crippen molar-refractivity contribution in [3.8, 4) is 0 Å². The molecule has 0 atom stereocenters. The Bertz CT molecular complexity index is 414. The van der Waals surface area contributed by atoms with Gasteiger partial charge in [-0.05, 0) is 12.1 Å². The second-order valence-corrected chi connectivity index (χ2v) is 2.75. The monoisotopic (exact) mass is 222 g/mol. The number of hydrogen-bond donors (Lipinski definition) is 2. The number of alkyl halides is 3. The molecule has 0 aromatic heterocycles. The maximum atomic E-state index is 13.1. The van der Waals surface area contributed by atoms with Gasteiger partial charge >= 0.3 is 6.18 Å². The largest absolute Gasteiger partial charge is 0.420 e. The molecule has 0 unspecified atom stereocenters. The predicted molar refractivity (Wildman–Crippen MR) is 44.3 cm³/mol. The average molecular weight is 222 g/mol. The van der Waals surface area contributed by atoms with Gasteiger partial charge in [0.25, 0.3) is 0 Å². The Balaban J connectivity index is 3.57. The van der Waals surface area contributed by atoms with Crippen LogP contribution in [0.3, 0.4) is 0 Å². The number of benzene rings is 1. The van der Waals surface area contributed by atoms with E-state index in [4.69, 9.17) is 5.73 Å². The van der Waals surface area contributed by atoms with Crippen LogP contribution >= 0.6 is 0 Å². The van der Waals surface area contributed by atoms with Gasteiger partial charge < -0.3 is 11.5 Å². The number of carbonyl (C=O) groups excluding carboxylic acids is 1. The number of anilines is 1. The van der Waals surface area contributed by atoms with Crippen molar-refractivity contribution >= 4 is 11.6 Å². The van der Waals surface area contributed by atoms with Crippen LogP contribution in [-0.2, 0) is 6.18 Å². The maximum absolute atomic E-state index is 13.1. The van der Waals surface area contributed by atoms with Crippen LogP contribution in [0.25, 0.3) is 0 Å². The van der Waals surface area contributed by atoms with Crippen LogP contribution < -0.4 is 11.5 Å². The van der Waals surface area contributed by atoms with E-state index in [9.17, 15) is 22.4 Å². The molecule has 1 aromatic rings. The lowest BCUT2D eigenvalue weighted by Crippen LogP contribution is -2.21. The van der Waals surface area contributed by atoms with Gasteiger partial charge in [-0.1, -0.05) is 0 Å². The summed E-state index contributed by atoms with van der Waals surface area (Å²) < 4.78 is 50.1. The van der Waals surface area contributed by atoms with E-state index in [1.807, 2.05) is 0 Å².